The minimum absolute atomic E-state index is 0.0481. The second kappa shape index (κ2) is 5.50. The van der Waals surface area contributed by atoms with E-state index in [1.807, 2.05) is 13.8 Å². The van der Waals surface area contributed by atoms with Crippen LogP contribution >= 0.6 is 0 Å². The molecule has 1 aliphatic rings. The summed E-state index contributed by atoms with van der Waals surface area (Å²) in [7, 11) is 0. The van der Waals surface area contributed by atoms with Crippen molar-refractivity contribution in [2.24, 2.45) is 11.8 Å². The number of Topliss-reactive ketones (excluding diaryl/α,β-unsaturated/α-hetero) is 1. The first-order valence-corrected chi connectivity index (χ1v) is 5.82. The van der Waals surface area contributed by atoms with Crippen molar-refractivity contribution < 1.29 is 9.90 Å². The van der Waals surface area contributed by atoms with E-state index >= 15 is 0 Å². The van der Waals surface area contributed by atoms with E-state index in [4.69, 9.17) is 0 Å². The van der Waals surface area contributed by atoms with Crippen LogP contribution in [0.2, 0.25) is 0 Å². The van der Waals surface area contributed by atoms with Gasteiger partial charge >= 0.3 is 0 Å². The molecule has 2 nitrogen and oxygen atoms in total. The predicted molar refractivity (Wildman–Crippen MR) is 57.0 cm³/mol. The SMILES string of the molecule is CC(C)CC(=O)C(O)C1CCCCC1. The molecule has 82 valence electrons. The lowest BCUT2D eigenvalue weighted by Gasteiger charge is -2.25. The Balaban J connectivity index is 2.38. The third kappa shape index (κ3) is 3.41. The van der Waals surface area contributed by atoms with Crippen molar-refractivity contribution in [2.45, 2.75) is 58.5 Å². The smallest absolute Gasteiger partial charge is 0.161 e. The molecule has 0 aliphatic heterocycles. The topological polar surface area (TPSA) is 37.3 Å². The van der Waals surface area contributed by atoms with E-state index in [2.05, 4.69) is 0 Å². The van der Waals surface area contributed by atoms with Gasteiger partial charge in [-0.3, -0.25) is 4.79 Å². The quantitative estimate of drug-likeness (QED) is 0.753. The maximum atomic E-state index is 11.6. The first-order valence-electron chi connectivity index (χ1n) is 5.82. The van der Waals surface area contributed by atoms with E-state index < -0.39 is 6.10 Å². The zero-order valence-corrected chi connectivity index (χ0v) is 9.33. The Hall–Kier alpha value is -0.370. The van der Waals surface area contributed by atoms with E-state index in [9.17, 15) is 9.90 Å². The summed E-state index contributed by atoms with van der Waals surface area (Å²) >= 11 is 0. The molecule has 0 radical (unpaired) electrons. The Labute approximate surface area is 86.7 Å². The van der Waals surface area contributed by atoms with Gasteiger partial charge in [-0.25, -0.2) is 0 Å². The molecule has 1 rings (SSSR count). The summed E-state index contributed by atoms with van der Waals surface area (Å²) in [6.07, 6.45) is 5.53. The molecular formula is C12H22O2. The summed E-state index contributed by atoms with van der Waals surface area (Å²) in [5.41, 5.74) is 0. The third-order valence-corrected chi connectivity index (χ3v) is 3.04. The highest BCUT2D eigenvalue weighted by molar-refractivity contribution is 5.83. The first kappa shape index (κ1) is 11.7. The fourth-order valence-electron chi connectivity index (χ4n) is 2.24. The Morgan fingerprint density at radius 3 is 2.36 bits per heavy atom. The van der Waals surface area contributed by atoms with Gasteiger partial charge in [0, 0.05) is 6.42 Å². The maximum absolute atomic E-state index is 11.6. The molecule has 1 fully saturated rings. The van der Waals surface area contributed by atoms with Gasteiger partial charge in [-0.1, -0.05) is 33.1 Å². The molecule has 1 atom stereocenters. The lowest BCUT2D eigenvalue weighted by atomic mass is 9.82. The average molecular weight is 198 g/mol. The van der Waals surface area contributed by atoms with Crippen LogP contribution < -0.4 is 0 Å². The second-order valence-electron chi connectivity index (χ2n) is 4.91. The molecule has 1 saturated carbocycles. The highest BCUT2D eigenvalue weighted by atomic mass is 16.3. The average Bonchev–Trinajstić information content (AvgIpc) is 2.17. The monoisotopic (exact) mass is 198 g/mol. The van der Waals surface area contributed by atoms with E-state index in [1.54, 1.807) is 0 Å². The number of hydrogen-bond acceptors (Lipinski definition) is 2. The van der Waals surface area contributed by atoms with E-state index in [0.29, 0.717) is 12.3 Å². The van der Waals surface area contributed by atoms with Crippen LogP contribution in [-0.4, -0.2) is 17.0 Å². The van der Waals surface area contributed by atoms with Gasteiger partial charge in [-0.2, -0.15) is 0 Å². The molecule has 0 aromatic carbocycles. The number of hydrogen-bond donors (Lipinski definition) is 1. The van der Waals surface area contributed by atoms with Crippen LogP contribution in [0, 0.1) is 11.8 Å². The fourth-order valence-corrected chi connectivity index (χ4v) is 2.24. The molecule has 0 spiro atoms. The molecule has 1 unspecified atom stereocenters. The normalized spacial score (nSPS) is 21.1. The lowest BCUT2D eigenvalue weighted by molar-refractivity contribution is -0.131. The Bertz CT molecular complexity index is 181. The Morgan fingerprint density at radius 2 is 1.86 bits per heavy atom. The van der Waals surface area contributed by atoms with Crippen LogP contribution in [0.3, 0.4) is 0 Å². The molecule has 0 amide bonds. The fraction of sp³-hybridized carbons (Fsp3) is 0.917. The number of carbonyl (C=O) groups is 1. The number of carbonyl (C=O) groups excluding carboxylic acids is 1. The van der Waals surface area contributed by atoms with Crippen LogP contribution in [0.15, 0.2) is 0 Å². The predicted octanol–water partition coefficient (Wildman–Crippen LogP) is 2.54. The summed E-state index contributed by atoms with van der Waals surface area (Å²) in [5.74, 6) is 0.655. The van der Waals surface area contributed by atoms with Gasteiger partial charge in [0.2, 0.25) is 0 Å². The van der Waals surface area contributed by atoms with Crippen LogP contribution in [0.1, 0.15) is 52.4 Å². The summed E-state index contributed by atoms with van der Waals surface area (Å²) in [5, 5.41) is 9.84. The van der Waals surface area contributed by atoms with Gasteiger partial charge < -0.3 is 5.11 Å². The molecule has 1 aliphatic carbocycles. The molecule has 0 aromatic heterocycles. The van der Waals surface area contributed by atoms with Crippen molar-refractivity contribution in [1.82, 2.24) is 0 Å². The molecular weight excluding hydrogens is 176 g/mol. The van der Waals surface area contributed by atoms with Gasteiger partial charge in [0.1, 0.15) is 6.10 Å². The molecule has 0 aromatic rings. The van der Waals surface area contributed by atoms with Gasteiger partial charge in [0.05, 0.1) is 0 Å². The van der Waals surface area contributed by atoms with Crippen molar-refractivity contribution in [3.63, 3.8) is 0 Å². The standard InChI is InChI=1S/C12H22O2/c1-9(2)8-11(13)12(14)10-6-4-3-5-7-10/h9-10,12,14H,3-8H2,1-2H3. The van der Waals surface area contributed by atoms with Crippen molar-refractivity contribution >= 4 is 5.78 Å². The number of rotatable bonds is 4. The zero-order chi connectivity index (χ0) is 10.6. The van der Waals surface area contributed by atoms with E-state index in [0.717, 1.165) is 12.8 Å². The summed E-state index contributed by atoms with van der Waals surface area (Å²) in [6.45, 7) is 4.04. The van der Waals surface area contributed by atoms with Crippen molar-refractivity contribution in [3.8, 4) is 0 Å². The molecule has 14 heavy (non-hydrogen) atoms. The van der Waals surface area contributed by atoms with Crippen molar-refractivity contribution in [2.75, 3.05) is 0 Å². The maximum Gasteiger partial charge on any atom is 0.161 e. The van der Waals surface area contributed by atoms with Crippen molar-refractivity contribution in [3.05, 3.63) is 0 Å². The highest BCUT2D eigenvalue weighted by Crippen LogP contribution is 2.27. The number of ketones is 1. The van der Waals surface area contributed by atoms with Gasteiger partial charge in [-0.05, 0) is 24.7 Å². The van der Waals surface area contributed by atoms with Gasteiger partial charge in [0.25, 0.3) is 0 Å². The third-order valence-electron chi connectivity index (χ3n) is 3.04. The zero-order valence-electron chi connectivity index (χ0n) is 9.33. The minimum Gasteiger partial charge on any atom is -0.385 e. The first-order chi connectivity index (χ1) is 6.61. The number of aliphatic hydroxyl groups is 1. The Kier molecular flexibility index (Phi) is 4.59. The van der Waals surface area contributed by atoms with Gasteiger partial charge in [-0.15, -0.1) is 0 Å². The lowest BCUT2D eigenvalue weighted by Crippen LogP contribution is -2.31. The van der Waals surface area contributed by atoms with Gasteiger partial charge in [0.15, 0.2) is 5.78 Å². The van der Waals surface area contributed by atoms with Crippen molar-refractivity contribution in [1.29, 1.82) is 0 Å². The molecule has 0 bridgehead atoms. The summed E-state index contributed by atoms with van der Waals surface area (Å²) < 4.78 is 0. The van der Waals surface area contributed by atoms with E-state index in [-0.39, 0.29) is 11.7 Å². The summed E-state index contributed by atoms with van der Waals surface area (Å²) in [4.78, 5) is 11.6. The minimum atomic E-state index is -0.683. The van der Waals surface area contributed by atoms with Crippen LogP contribution in [0.4, 0.5) is 0 Å². The van der Waals surface area contributed by atoms with Crippen LogP contribution in [0.25, 0.3) is 0 Å². The van der Waals surface area contributed by atoms with Crippen LogP contribution in [-0.2, 0) is 4.79 Å². The molecule has 1 N–H and O–H groups in total. The largest absolute Gasteiger partial charge is 0.385 e. The van der Waals surface area contributed by atoms with E-state index in [1.165, 1.54) is 19.3 Å². The molecule has 0 heterocycles. The number of aliphatic hydroxyl groups excluding tert-OH is 1. The van der Waals surface area contributed by atoms with Crippen LogP contribution in [0.5, 0.6) is 0 Å². The Morgan fingerprint density at radius 1 is 1.29 bits per heavy atom. The second-order valence-corrected chi connectivity index (χ2v) is 4.91. The molecule has 0 saturated heterocycles. The summed E-state index contributed by atoms with van der Waals surface area (Å²) in [6, 6.07) is 0. The highest BCUT2D eigenvalue weighted by Gasteiger charge is 2.27. The molecule has 2 heteroatoms.